The van der Waals surface area contributed by atoms with Crippen molar-refractivity contribution in [3.8, 4) is 0 Å². The Morgan fingerprint density at radius 3 is 2.73 bits per heavy atom. The summed E-state index contributed by atoms with van der Waals surface area (Å²) in [7, 11) is 0. The van der Waals surface area contributed by atoms with Crippen molar-refractivity contribution < 1.29 is 19.1 Å². The van der Waals surface area contributed by atoms with Gasteiger partial charge >= 0.3 is 5.97 Å². The van der Waals surface area contributed by atoms with Gasteiger partial charge in [-0.1, -0.05) is 41.6 Å². The van der Waals surface area contributed by atoms with Crippen LogP contribution < -0.4 is 0 Å². The minimum absolute atomic E-state index is 0.252. The van der Waals surface area contributed by atoms with E-state index in [0.29, 0.717) is 31.7 Å². The zero-order valence-electron chi connectivity index (χ0n) is 17.4. The third-order valence-corrected chi connectivity index (χ3v) is 5.30. The molecule has 6 heteroatoms. The van der Waals surface area contributed by atoms with Gasteiger partial charge in [0.1, 0.15) is 12.4 Å². The van der Waals surface area contributed by atoms with Gasteiger partial charge in [0.05, 0.1) is 5.71 Å². The molecule has 158 valence electrons. The fourth-order valence-corrected chi connectivity index (χ4v) is 3.56. The highest BCUT2D eigenvalue weighted by molar-refractivity contribution is 6.02. The summed E-state index contributed by atoms with van der Waals surface area (Å²) in [5.41, 5.74) is 5.17. The van der Waals surface area contributed by atoms with Crippen LogP contribution in [-0.4, -0.2) is 47.9 Å². The number of aliphatic carboxylic acids is 1. The molecule has 0 amide bonds. The van der Waals surface area contributed by atoms with Crippen LogP contribution >= 0.6 is 0 Å². The number of carboxylic acid groups (broad SMARTS) is 1. The summed E-state index contributed by atoms with van der Waals surface area (Å²) in [6, 6.07) is 12.7. The van der Waals surface area contributed by atoms with Gasteiger partial charge in [-0.25, -0.2) is 9.18 Å². The third kappa shape index (κ3) is 5.76. The van der Waals surface area contributed by atoms with Gasteiger partial charge in [-0.05, 0) is 49.1 Å². The molecule has 0 aromatic heterocycles. The number of nitrogens with zero attached hydrogens (tertiary/aromatic N) is 2. The summed E-state index contributed by atoms with van der Waals surface area (Å²) in [5, 5.41) is 13.6. The summed E-state index contributed by atoms with van der Waals surface area (Å²) in [4.78, 5) is 18.9. The number of halogens is 1. The molecule has 2 aromatic rings. The Morgan fingerprint density at radius 2 is 2.00 bits per heavy atom. The second kappa shape index (κ2) is 10.2. The lowest BCUT2D eigenvalue weighted by atomic mass is 9.96. The van der Waals surface area contributed by atoms with E-state index < -0.39 is 5.97 Å². The Bertz CT molecular complexity index is 969. The van der Waals surface area contributed by atoms with Crippen molar-refractivity contribution in [1.29, 1.82) is 0 Å². The van der Waals surface area contributed by atoms with Gasteiger partial charge in [0.2, 0.25) is 0 Å². The predicted molar refractivity (Wildman–Crippen MR) is 115 cm³/mol. The number of aryl methyl sites for hydroxylation is 2. The number of benzene rings is 2. The normalized spacial score (nSPS) is 15.0. The average Bonchev–Trinajstić information content (AvgIpc) is 2.72. The molecule has 3 rings (SSSR count). The van der Waals surface area contributed by atoms with Crippen molar-refractivity contribution in [2.45, 2.75) is 26.7 Å². The molecule has 30 heavy (non-hydrogen) atoms. The maximum atomic E-state index is 13.5. The minimum atomic E-state index is -0.866. The fourth-order valence-electron chi connectivity index (χ4n) is 3.56. The van der Waals surface area contributed by atoms with Crippen LogP contribution in [0.1, 0.15) is 28.7 Å². The smallest absolute Gasteiger partial charge is 0.332 e. The second-order valence-electron chi connectivity index (χ2n) is 7.53. The van der Waals surface area contributed by atoms with E-state index >= 15 is 0 Å². The predicted octanol–water partition coefficient (Wildman–Crippen LogP) is 4.12. The molecular weight excluding hydrogens is 383 g/mol. The molecule has 2 aromatic carbocycles. The van der Waals surface area contributed by atoms with Gasteiger partial charge in [-0.2, -0.15) is 0 Å². The topological polar surface area (TPSA) is 62.1 Å². The lowest BCUT2D eigenvalue weighted by Gasteiger charge is -2.24. The highest BCUT2D eigenvalue weighted by Crippen LogP contribution is 2.17. The van der Waals surface area contributed by atoms with Crippen LogP contribution in [0.3, 0.4) is 0 Å². The fraction of sp³-hybridized carbons (Fsp3) is 0.333. The molecule has 1 heterocycles. The zero-order valence-corrected chi connectivity index (χ0v) is 17.4. The standard InChI is InChI=1S/C24H27FN2O3/c1-17-6-3-4-8-22(17)23(15-19-9-10-21(25)14-18(19)2)26-30-13-12-27-11-5-7-20(16-27)24(28)29/h3-4,6-10,14H,5,11-13,15-16H2,1-2H3,(H,28,29). The molecule has 0 radical (unpaired) electrons. The first kappa shape index (κ1) is 21.7. The molecule has 1 aliphatic heterocycles. The van der Waals surface area contributed by atoms with Crippen molar-refractivity contribution in [2.75, 3.05) is 26.2 Å². The molecule has 0 bridgehead atoms. The first-order chi connectivity index (χ1) is 14.4. The van der Waals surface area contributed by atoms with Gasteiger partial charge < -0.3 is 9.94 Å². The van der Waals surface area contributed by atoms with E-state index in [9.17, 15) is 9.18 Å². The van der Waals surface area contributed by atoms with Crippen molar-refractivity contribution >= 4 is 11.7 Å². The number of carbonyl (C=O) groups is 1. The Morgan fingerprint density at radius 1 is 1.20 bits per heavy atom. The molecule has 1 aliphatic rings. The van der Waals surface area contributed by atoms with E-state index in [-0.39, 0.29) is 5.82 Å². The molecule has 0 unspecified atom stereocenters. The largest absolute Gasteiger partial charge is 0.478 e. The molecular formula is C24H27FN2O3. The number of rotatable bonds is 8. The minimum Gasteiger partial charge on any atom is -0.478 e. The van der Waals surface area contributed by atoms with Crippen LogP contribution in [0.5, 0.6) is 0 Å². The van der Waals surface area contributed by atoms with E-state index in [4.69, 9.17) is 9.94 Å². The van der Waals surface area contributed by atoms with Crippen molar-refractivity contribution in [1.82, 2.24) is 4.90 Å². The Hall–Kier alpha value is -2.99. The van der Waals surface area contributed by atoms with Gasteiger partial charge in [-0.15, -0.1) is 0 Å². The van der Waals surface area contributed by atoms with Gasteiger partial charge in [-0.3, -0.25) is 4.90 Å². The van der Waals surface area contributed by atoms with Crippen molar-refractivity contribution in [3.63, 3.8) is 0 Å². The summed E-state index contributed by atoms with van der Waals surface area (Å²) in [6.07, 6.45) is 3.04. The maximum absolute atomic E-state index is 13.5. The van der Waals surface area contributed by atoms with E-state index in [1.807, 2.05) is 38.1 Å². The van der Waals surface area contributed by atoms with Crippen molar-refractivity contribution in [3.05, 3.63) is 82.2 Å². The van der Waals surface area contributed by atoms with Crippen LogP contribution in [0.2, 0.25) is 0 Å². The molecule has 0 aliphatic carbocycles. The van der Waals surface area contributed by atoms with Crippen LogP contribution in [0.4, 0.5) is 4.39 Å². The lowest BCUT2D eigenvalue weighted by molar-refractivity contribution is -0.133. The van der Waals surface area contributed by atoms with Crippen LogP contribution in [0.25, 0.3) is 0 Å². The van der Waals surface area contributed by atoms with Gasteiger partial charge in [0.25, 0.3) is 0 Å². The molecule has 0 atom stereocenters. The zero-order chi connectivity index (χ0) is 21.5. The third-order valence-electron chi connectivity index (χ3n) is 5.30. The Kier molecular flexibility index (Phi) is 7.36. The van der Waals surface area contributed by atoms with Crippen molar-refractivity contribution in [2.24, 2.45) is 5.16 Å². The first-order valence-electron chi connectivity index (χ1n) is 10.1. The van der Waals surface area contributed by atoms with E-state index in [0.717, 1.165) is 40.9 Å². The SMILES string of the molecule is Cc1cc(F)ccc1CC(=NOCCN1CCC=C(C(=O)O)C1)c1ccccc1C. The van der Waals surface area contributed by atoms with Crippen LogP contribution in [0, 0.1) is 19.7 Å². The lowest BCUT2D eigenvalue weighted by Crippen LogP contribution is -2.34. The first-order valence-corrected chi connectivity index (χ1v) is 10.1. The van der Waals surface area contributed by atoms with E-state index in [1.165, 1.54) is 12.1 Å². The highest BCUT2D eigenvalue weighted by Gasteiger charge is 2.17. The number of oxime groups is 1. The van der Waals surface area contributed by atoms with Gasteiger partial charge in [0.15, 0.2) is 0 Å². The molecule has 0 saturated heterocycles. The highest BCUT2D eigenvalue weighted by atomic mass is 19.1. The summed E-state index contributed by atoms with van der Waals surface area (Å²) in [6.45, 7) is 6.11. The van der Waals surface area contributed by atoms with Crippen LogP contribution in [-0.2, 0) is 16.1 Å². The molecule has 0 spiro atoms. The summed E-state index contributed by atoms with van der Waals surface area (Å²) >= 11 is 0. The van der Waals surface area contributed by atoms with Crippen LogP contribution in [0.15, 0.2) is 59.3 Å². The number of carboxylic acids is 1. The van der Waals surface area contributed by atoms with E-state index in [2.05, 4.69) is 10.1 Å². The Labute approximate surface area is 176 Å². The second-order valence-corrected chi connectivity index (χ2v) is 7.53. The monoisotopic (exact) mass is 410 g/mol. The molecule has 1 N–H and O–H groups in total. The van der Waals surface area contributed by atoms with Gasteiger partial charge in [0, 0.05) is 37.2 Å². The average molecular weight is 410 g/mol. The quantitative estimate of drug-likeness (QED) is 0.404. The number of hydrogen-bond acceptors (Lipinski definition) is 4. The maximum Gasteiger partial charge on any atom is 0.332 e. The number of hydrogen-bond donors (Lipinski definition) is 1. The Balaban J connectivity index is 1.69. The molecule has 0 saturated carbocycles. The summed E-state index contributed by atoms with van der Waals surface area (Å²) in [5.74, 6) is -1.12. The molecule has 5 nitrogen and oxygen atoms in total. The summed E-state index contributed by atoms with van der Waals surface area (Å²) < 4.78 is 13.5. The van der Waals surface area contributed by atoms with E-state index in [1.54, 1.807) is 12.1 Å². The molecule has 0 fully saturated rings.